The number of anilines is 6. The molecule has 2 aliphatic rings. The third-order valence-corrected chi connectivity index (χ3v) is 28.5. The highest BCUT2D eigenvalue weighted by Crippen LogP contribution is 2.61. The van der Waals surface area contributed by atoms with Gasteiger partial charge in [-0.25, -0.2) is 4.85 Å². The van der Waals surface area contributed by atoms with Crippen LogP contribution in [0.2, 0.25) is 0 Å². The zero-order valence-corrected chi connectivity index (χ0v) is 76.6. The lowest BCUT2D eigenvalue weighted by Crippen LogP contribution is -2.61. The number of para-hydroxylation sites is 1. The van der Waals surface area contributed by atoms with Crippen molar-refractivity contribution in [2.24, 2.45) is 0 Å². The first kappa shape index (κ1) is 79.9. The zero-order chi connectivity index (χ0) is 89.7. The molecule has 2 aliphatic heterocycles. The van der Waals surface area contributed by atoms with Crippen LogP contribution in [0.1, 0.15) is 105 Å². The molecule has 632 valence electrons. The molecule has 0 unspecified atom stereocenters. The Hall–Kier alpha value is -15.5. The summed E-state index contributed by atoms with van der Waals surface area (Å²) in [6.07, 6.45) is 0. The van der Waals surface area contributed by atoms with E-state index in [2.05, 4.69) is 487 Å². The molecule has 24 rings (SSSR count). The fourth-order valence-electron chi connectivity index (χ4n) is 21.8. The van der Waals surface area contributed by atoms with Crippen LogP contribution in [0.15, 0.2) is 382 Å². The van der Waals surface area contributed by atoms with Gasteiger partial charge >= 0.3 is 0 Å². The first-order chi connectivity index (χ1) is 64.0. The van der Waals surface area contributed by atoms with Gasteiger partial charge in [-0.3, -0.25) is 0 Å². The average Bonchev–Trinajstić information content (AvgIpc) is 1.41. The number of rotatable bonds is 11. The molecule has 6 heterocycles. The van der Waals surface area contributed by atoms with Crippen molar-refractivity contribution in [1.82, 2.24) is 13.5 Å². The van der Waals surface area contributed by atoms with Gasteiger partial charge in [0.15, 0.2) is 5.69 Å². The Morgan fingerprint density at radius 1 is 0.242 bits per heavy atom. The van der Waals surface area contributed by atoms with Crippen molar-refractivity contribution in [3.8, 4) is 89.3 Å². The van der Waals surface area contributed by atoms with Crippen LogP contribution in [0.3, 0.4) is 0 Å². The summed E-state index contributed by atoms with van der Waals surface area (Å²) in [6.45, 7) is 36.3. The SMILES string of the molecule is [C-]#[N+]c1ccc2c(c1)c1ccccc1n2-c1ccc2c(c1)N(c1c(-c3ccccc3)cc(C(C)(C)C)cc1-c1cccc(-c3ccccc3)c1)c1c3c(c4c5ccc(-c6ccccc6)cc5n5c6cc(-c7ccccc7)ccc6c1c45)N(c1c(-c4ccccc4)cc(C(C)(C)C)cc1-c1ccccc1)c1cc(-n4c5ccc(C(C)(C)C)cc5c5cc(C(C)(C)C)ccc54)ccc1B23. The lowest BCUT2D eigenvalue weighted by atomic mass is 9.33. The van der Waals surface area contributed by atoms with E-state index in [0.29, 0.717) is 5.69 Å². The van der Waals surface area contributed by atoms with Gasteiger partial charge in [-0.15, -0.1) is 0 Å². The highest BCUT2D eigenvalue weighted by atomic mass is 15.2. The van der Waals surface area contributed by atoms with Gasteiger partial charge in [0.2, 0.25) is 0 Å². The fourth-order valence-corrected chi connectivity index (χ4v) is 21.8. The molecule has 4 aromatic heterocycles. The summed E-state index contributed by atoms with van der Waals surface area (Å²) in [5.41, 5.74) is 40.4. The van der Waals surface area contributed by atoms with E-state index >= 15 is 0 Å². The smallest absolute Gasteiger partial charge is 0.252 e. The lowest BCUT2D eigenvalue weighted by molar-refractivity contribution is 0.590. The molecule has 0 amide bonds. The Bertz CT molecular complexity index is 8400. The largest absolute Gasteiger partial charge is 0.309 e. The van der Waals surface area contributed by atoms with Crippen molar-refractivity contribution in [3.63, 3.8) is 0 Å². The van der Waals surface area contributed by atoms with Crippen LogP contribution in [-0.2, 0) is 21.7 Å². The highest BCUT2D eigenvalue weighted by Gasteiger charge is 2.49. The molecule has 0 aliphatic carbocycles. The number of fused-ring (bicyclic) bond motifs is 18. The van der Waals surface area contributed by atoms with Crippen molar-refractivity contribution < 1.29 is 0 Å². The van der Waals surface area contributed by atoms with Gasteiger partial charge in [-0.05, 0) is 231 Å². The molecule has 0 saturated heterocycles. The average molecular weight is 1700 g/mol. The predicted molar refractivity (Wildman–Crippen MR) is 563 cm³/mol. The Kier molecular flexibility index (Phi) is 18.0. The van der Waals surface area contributed by atoms with E-state index in [1.807, 2.05) is 6.07 Å². The number of hydrogen-bond donors (Lipinski definition) is 0. The van der Waals surface area contributed by atoms with Gasteiger partial charge in [0.25, 0.3) is 6.71 Å². The zero-order valence-electron chi connectivity index (χ0n) is 76.6. The summed E-state index contributed by atoms with van der Waals surface area (Å²) in [4.78, 5) is 9.72. The van der Waals surface area contributed by atoms with Crippen LogP contribution < -0.4 is 26.2 Å². The molecule has 22 aromatic rings. The predicted octanol–water partition coefficient (Wildman–Crippen LogP) is 32.5. The molecular weight excluding hydrogens is 1600 g/mol. The van der Waals surface area contributed by atoms with Crippen LogP contribution in [0, 0.1) is 6.57 Å². The third kappa shape index (κ3) is 12.6. The quantitative estimate of drug-likeness (QED) is 0.0952. The first-order valence-electron chi connectivity index (χ1n) is 46.5. The van der Waals surface area contributed by atoms with Gasteiger partial charge in [0.05, 0.1) is 67.9 Å². The standard InChI is InChI=1S/C125H99BN6/c1-122(2,3)87-53-62-107-101(68-87)102-69-88(123(4,5)6)54-63-108(102)129(107)93-57-61-104-112(76-93)131(117-97(80-41-26-17-27-42-80)70-89(124(7,8)9)71-98(117)81-43-28-18-29-44-81)120-114-95-58-51-84(78-37-22-15-23-38-78)66-110(95)130-111-67-85(79-39-24-16-25-40-79)52-59-96(111)115(119(114)130)121-116(120)126(104)105-60-56-92(128-106-50-33-32-49-94(106)103-74-91(127-13)55-64-109(103)128)75-113(105)132(121)118-99(82-45-30-19-31-46-82)72-90(125(10,11)12)73-100(118)86-48-34-47-83(65-86)77-35-20-14-21-36-77/h14-76H,1-12H3. The Morgan fingerprint density at radius 3 is 1.00 bits per heavy atom. The van der Waals surface area contributed by atoms with Gasteiger partial charge in [-0.1, -0.05) is 356 Å². The summed E-state index contributed by atoms with van der Waals surface area (Å²) in [6, 6.07) is 146. The number of aromatic nitrogens is 3. The van der Waals surface area contributed by atoms with Gasteiger partial charge < -0.3 is 23.3 Å². The van der Waals surface area contributed by atoms with E-state index in [0.717, 1.165) is 194 Å². The molecule has 0 saturated carbocycles. The summed E-state index contributed by atoms with van der Waals surface area (Å²) < 4.78 is 7.75. The van der Waals surface area contributed by atoms with Crippen molar-refractivity contribution in [3.05, 3.63) is 416 Å². The van der Waals surface area contributed by atoms with Crippen molar-refractivity contribution in [1.29, 1.82) is 0 Å². The van der Waals surface area contributed by atoms with E-state index in [-0.39, 0.29) is 21.7 Å². The second kappa shape index (κ2) is 29.8. The van der Waals surface area contributed by atoms with Crippen LogP contribution >= 0.6 is 0 Å². The van der Waals surface area contributed by atoms with E-state index in [9.17, 15) is 0 Å². The van der Waals surface area contributed by atoms with E-state index in [1.54, 1.807) is 0 Å². The molecule has 132 heavy (non-hydrogen) atoms. The minimum absolute atomic E-state index is 0.115. The molecule has 18 aromatic carbocycles. The maximum absolute atomic E-state index is 8.46. The maximum Gasteiger partial charge on any atom is 0.252 e. The van der Waals surface area contributed by atoms with E-state index < -0.39 is 6.71 Å². The van der Waals surface area contributed by atoms with Crippen molar-refractivity contribution in [2.75, 3.05) is 9.80 Å². The van der Waals surface area contributed by atoms with Gasteiger partial charge in [-0.2, -0.15) is 0 Å². The summed E-state index contributed by atoms with van der Waals surface area (Å²) in [5.74, 6) is 0. The van der Waals surface area contributed by atoms with Crippen molar-refractivity contribution in [2.45, 2.75) is 105 Å². The van der Waals surface area contributed by atoms with Gasteiger partial charge in [0, 0.05) is 82.7 Å². The minimum Gasteiger partial charge on any atom is -0.309 e. The van der Waals surface area contributed by atoms with Gasteiger partial charge in [0.1, 0.15) is 0 Å². The summed E-state index contributed by atoms with van der Waals surface area (Å²) >= 11 is 0. The van der Waals surface area contributed by atoms with Crippen LogP contribution in [0.4, 0.5) is 39.8 Å². The summed E-state index contributed by atoms with van der Waals surface area (Å²) in [5, 5.41) is 9.21. The Labute approximate surface area is 772 Å². The maximum atomic E-state index is 8.46. The minimum atomic E-state index is -0.444. The molecule has 0 bridgehead atoms. The Morgan fingerprint density at radius 2 is 0.591 bits per heavy atom. The summed E-state index contributed by atoms with van der Waals surface area (Å²) in [7, 11) is 0. The molecule has 0 radical (unpaired) electrons. The number of nitrogens with zero attached hydrogens (tertiary/aromatic N) is 6. The number of benzene rings is 18. The highest BCUT2D eigenvalue weighted by molar-refractivity contribution is 7.01. The Balaban J connectivity index is 0.957. The second-order valence-electron chi connectivity index (χ2n) is 40.7. The third-order valence-electron chi connectivity index (χ3n) is 28.5. The monoisotopic (exact) mass is 1690 g/mol. The normalized spacial score (nSPS) is 12.9. The van der Waals surface area contributed by atoms with E-state index in [1.165, 1.54) is 49.3 Å². The molecule has 0 atom stereocenters. The molecular formula is C125H99BN6. The van der Waals surface area contributed by atoms with E-state index in [4.69, 9.17) is 6.57 Å². The second-order valence-corrected chi connectivity index (χ2v) is 40.7. The first-order valence-corrected chi connectivity index (χ1v) is 46.5. The molecule has 6 nitrogen and oxygen atoms in total. The molecule has 0 N–H and O–H groups in total. The molecule has 7 heteroatoms. The van der Waals surface area contributed by atoms with Crippen LogP contribution in [0.5, 0.6) is 0 Å². The lowest BCUT2D eigenvalue weighted by Gasteiger charge is -2.46. The molecule has 0 spiro atoms. The number of hydrogen-bond acceptors (Lipinski definition) is 2. The van der Waals surface area contributed by atoms with Crippen molar-refractivity contribution >= 4 is 145 Å². The molecule has 0 fully saturated rings. The topological polar surface area (TPSA) is 25.1 Å². The van der Waals surface area contributed by atoms with Crippen LogP contribution in [-0.4, -0.2) is 20.2 Å². The fraction of sp³-hybridized carbons (Fsp3) is 0.128. The van der Waals surface area contributed by atoms with Crippen LogP contribution in [0.25, 0.3) is 176 Å².